The van der Waals surface area contributed by atoms with E-state index >= 15 is 0 Å². The molecule has 10 heteroatoms. The number of aliphatic carboxylic acids is 1. The molecule has 0 radical (unpaired) electrons. The van der Waals surface area contributed by atoms with Crippen LogP contribution in [0.15, 0.2) is 29.4 Å². The third kappa shape index (κ3) is 4.26. The molecule has 0 fully saturated rings. The summed E-state index contributed by atoms with van der Waals surface area (Å²) in [4.78, 5) is 12.5. The number of carbonyl (C=O) groups is 1. The number of thioether (sulfide) groups is 1. The number of para-hydroxylation sites is 1. The Labute approximate surface area is 140 Å². The summed E-state index contributed by atoms with van der Waals surface area (Å²) >= 11 is 0.821. The fourth-order valence-corrected chi connectivity index (χ4v) is 2.74. The van der Waals surface area contributed by atoms with Crippen LogP contribution in [-0.2, 0) is 17.5 Å². The van der Waals surface area contributed by atoms with Crippen LogP contribution in [0.2, 0.25) is 0 Å². The van der Waals surface area contributed by atoms with Gasteiger partial charge in [-0.2, -0.15) is 13.2 Å². The summed E-state index contributed by atoms with van der Waals surface area (Å²) in [5.74, 6) is -1.12. The molecule has 0 saturated heterocycles. The van der Waals surface area contributed by atoms with Gasteiger partial charge in [-0.1, -0.05) is 23.9 Å². The molecule has 1 N–H and O–H groups in total. The van der Waals surface area contributed by atoms with Crippen LogP contribution in [-0.4, -0.2) is 50.6 Å². The van der Waals surface area contributed by atoms with Gasteiger partial charge in [-0.05, 0) is 26.2 Å². The normalized spacial score (nSPS) is 11.9. The van der Waals surface area contributed by atoms with Gasteiger partial charge in [0.25, 0.3) is 0 Å². The quantitative estimate of drug-likeness (QED) is 0.799. The Morgan fingerprint density at radius 1 is 1.29 bits per heavy atom. The van der Waals surface area contributed by atoms with Crippen molar-refractivity contribution < 1.29 is 23.1 Å². The van der Waals surface area contributed by atoms with Crippen molar-refractivity contribution in [3.8, 4) is 5.69 Å². The third-order valence-electron chi connectivity index (χ3n) is 2.93. The first-order chi connectivity index (χ1) is 11.2. The fraction of sp³-hybridized carbons (Fsp3) is 0.357. The molecule has 0 aliphatic heterocycles. The van der Waals surface area contributed by atoms with Crippen molar-refractivity contribution >= 4 is 17.7 Å². The minimum Gasteiger partial charge on any atom is -0.481 e. The lowest BCUT2D eigenvalue weighted by atomic mass is 10.1. The zero-order valence-corrected chi connectivity index (χ0v) is 13.7. The summed E-state index contributed by atoms with van der Waals surface area (Å²) < 4.78 is 41.2. The standard InChI is InChI=1S/C14H15F3N4O2S/c1-20(2)7-11-18-19-13(24-8-12(22)23)21(11)10-6-4-3-5-9(10)14(15,16)17/h3-6H,7-8H2,1-2H3,(H,22,23). The minimum absolute atomic E-state index is 0.103. The molecule has 0 aliphatic carbocycles. The van der Waals surface area contributed by atoms with Crippen LogP contribution in [0.3, 0.4) is 0 Å². The maximum absolute atomic E-state index is 13.3. The Morgan fingerprint density at radius 3 is 2.54 bits per heavy atom. The first-order valence-electron chi connectivity index (χ1n) is 6.80. The first-order valence-corrected chi connectivity index (χ1v) is 7.79. The van der Waals surface area contributed by atoms with Crippen LogP contribution in [0.25, 0.3) is 5.69 Å². The summed E-state index contributed by atoms with van der Waals surface area (Å²) in [5.41, 5.74) is -0.957. The lowest BCUT2D eigenvalue weighted by molar-refractivity contribution is -0.137. The molecule has 1 heterocycles. The summed E-state index contributed by atoms with van der Waals surface area (Å²) in [7, 11) is 3.50. The highest BCUT2D eigenvalue weighted by Crippen LogP contribution is 2.35. The van der Waals surface area contributed by atoms with Gasteiger partial charge in [0, 0.05) is 0 Å². The van der Waals surface area contributed by atoms with E-state index in [1.807, 2.05) is 0 Å². The Morgan fingerprint density at radius 2 is 1.96 bits per heavy atom. The van der Waals surface area contributed by atoms with Crippen LogP contribution >= 0.6 is 11.8 Å². The predicted octanol–water partition coefficient (Wildman–Crippen LogP) is 2.52. The van der Waals surface area contributed by atoms with E-state index in [0.29, 0.717) is 5.82 Å². The van der Waals surface area contributed by atoms with Crippen molar-refractivity contribution in [3.05, 3.63) is 35.7 Å². The minimum atomic E-state index is -4.55. The Kier molecular flexibility index (Phi) is 5.50. The largest absolute Gasteiger partial charge is 0.481 e. The number of benzene rings is 1. The zero-order chi connectivity index (χ0) is 17.9. The number of hydrogen-bond acceptors (Lipinski definition) is 5. The number of hydrogen-bond donors (Lipinski definition) is 1. The van der Waals surface area contributed by atoms with Gasteiger partial charge in [-0.15, -0.1) is 10.2 Å². The summed E-state index contributed by atoms with van der Waals surface area (Å²) in [6.07, 6.45) is -4.55. The molecule has 0 atom stereocenters. The van der Waals surface area contributed by atoms with Crippen LogP contribution < -0.4 is 0 Å². The summed E-state index contributed by atoms with van der Waals surface area (Å²) in [6.45, 7) is 0.257. The van der Waals surface area contributed by atoms with Crippen LogP contribution in [0.4, 0.5) is 13.2 Å². The molecule has 130 valence electrons. The topological polar surface area (TPSA) is 71.2 Å². The second kappa shape index (κ2) is 7.22. The fourth-order valence-electron chi connectivity index (χ4n) is 2.06. The van der Waals surface area contributed by atoms with E-state index in [1.165, 1.54) is 22.8 Å². The van der Waals surface area contributed by atoms with E-state index in [4.69, 9.17) is 5.11 Å². The molecule has 24 heavy (non-hydrogen) atoms. The summed E-state index contributed by atoms with van der Waals surface area (Å²) in [5, 5.41) is 16.7. The van der Waals surface area contributed by atoms with Gasteiger partial charge in [0.05, 0.1) is 23.5 Å². The first kappa shape index (κ1) is 18.3. The van der Waals surface area contributed by atoms with Gasteiger partial charge in [-0.3, -0.25) is 9.36 Å². The molecule has 0 bridgehead atoms. The smallest absolute Gasteiger partial charge is 0.418 e. The van der Waals surface area contributed by atoms with E-state index in [2.05, 4.69) is 10.2 Å². The number of halogens is 3. The number of alkyl halides is 3. The third-order valence-corrected chi connectivity index (χ3v) is 3.85. The maximum Gasteiger partial charge on any atom is 0.418 e. The Bertz CT molecular complexity index is 731. The van der Waals surface area contributed by atoms with Crippen LogP contribution in [0.5, 0.6) is 0 Å². The van der Waals surface area contributed by atoms with E-state index < -0.39 is 17.7 Å². The van der Waals surface area contributed by atoms with Crippen molar-refractivity contribution in [3.63, 3.8) is 0 Å². The van der Waals surface area contributed by atoms with E-state index in [0.717, 1.165) is 17.8 Å². The number of rotatable bonds is 6. The molecule has 1 aromatic carbocycles. The van der Waals surface area contributed by atoms with Gasteiger partial charge in [0.2, 0.25) is 0 Å². The van der Waals surface area contributed by atoms with Gasteiger partial charge >= 0.3 is 12.1 Å². The predicted molar refractivity (Wildman–Crippen MR) is 82.1 cm³/mol. The van der Waals surface area contributed by atoms with Crippen molar-refractivity contribution in [2.24, 2.45) is 0 Å². The highest BCUT2D eigenvalue weighted by Gasteiger charge is 2.35. The highest BCUT2D eigenvalue weighted by molar-refractivity contribution is 7.99. The average molecular weight is 360 g/mol. The van der Waals surface area contributed by atoms with E-state index in [1.54, 1.807) is 19.0 Å². The van der Waals surface area contributed by atoms with Crippen molar-refractivity contribution in [1.82, 2.24) is 19.7 Å². The SMILES string of the molecule is CN(C)Cc1nnc(SCC(=O)O)n1-c1ccccc1C(F)(F)F. The molecule has 1 aromatic heterocycles. The zero-order valence-electron chi connectivity index (χ0n) is 12.9. The Balaban J connectivity index is 2.58. The molecule has 2 rings (SSSR count). The number of carboxylic acid groups (broad SMARTS) is 1. The second-order valence-corrected chi connectivity index (χ2v) is 6.11. The molecular weight excluding hydrogens is 345 g/mol. The van der Waals surface area contributed by atoms with Gasteiger partial charge in [0.15, 0.2) is 11.0 Å². The molecular formula is C14H15F3N4O2S. The van der Waals surface area contributed by atoms with E-state index in [9.17, 15) is 18.0 Å². The molecule has 0 spiro atoms. The lowest BCUT2D eigenvalue weighted by Crippen LogP contribution is -2.18. The van der Waals surface area contributed by atoms with Crippen molar-refractivity contribution in [1.29, 1.82) is 0 Å². The molecule has 6 nitrogen and oxygen atoms in total. The molecule has 0 saturated carbocycles. The lowest BCUT2D eigenvalue weighted by Gasteiger charge is -2.17. The number of nitrogens with zero attached hydrogens (tertiary/aromatic N) is 4. The monoisotopic (exact) mass is 360 g/mol. The number of aromatic nitrogens is 3. The van der Waals surface area contributed by atoms with Crippen molar-refractivity contribution in [2.75, 3.05) is 19.8 Å². The number of carboxylic acids is 1. The van der Waals surface area contributed by atoms with Crippen molar-refractivity contribution in [2.45, 2.75) is 17.9 Å². The molecule has 0 aliphatic rings. The van der Waals surface area contributed by atoms with E-state index in [-0.39, 0.29) is 23.1 Å². The molecule has 0 unspecified atom stereocenters. The van der Waals surface area contributed by atoms with Crippen LogP contribution in [0.1, 0.15) is 11.4 Å². The molecule has 0 amide bonds. The molecule has 2 aromatic rings. The highest BCUT2D eigenvalue weighted by atomic mass is 32.2. The van der Waals surface area contributed by atoms with Crippen LogP contribution in [0, 0.1) is 0 Å². The Hall–Kier alpha value is -2.07. The van der Waals surface area contributed by atoms with Gasteiger partial charge in [0.1, 0.15) is 0 Å². The summed E-state index contributed by atoms with van der Waals surface area (Å²) in [6, 6.07) is 5.07. The van der Waals surface area contributed by atoms with Gasteiger partial charge < -0.3 is 10.0 Å². The van der Waals surface area contributed by atoms with Gasteiger partial charge in [-0.25, -0.2) is 0 Å². The average Bonchev–Trinajstić information content (AvgIpc) is 2.86. The maximum atomic E-state index is 13.3. The second-order valence-electron chi connectivity index (χ2n) is 5.17.